The van der Waals surface area contributed by atoms with Crippen LogP contribution in [0.1, 0.15) is 24.5 Å². The molecule has 0 bridgehead atoms. The van der Waals surface area contributed by atoms with Crippen molar-refractivity contribution in [2.45, 2.75) is 26.5 Å². The smallest absolute Gasteiger partial charge is 0.313 e. The van der Waals surface area contributed by atoms with Gasteiger partial charge in [0.2, 0.25) is 5.91 Å². The zero-order chi connectivity index (χ0) is 15.0. The number of hydrogen-bond acceptors (Lipinski definition) is 4. The van der Waals surface area contributed by atoms with Crippen molar-refractivity contribution < 1.29 is 19.1 Å². The Morgan fingerprint density at radius 3 is 2.35 bits per heavy atom. The van der Waals surface area contributed by atoms with Crippen molar-refractivity contribution in [1.82, 2.24) is 5.32 Å². The number of nitrogens with one attached hydrogen (secondary N) is 1. The van der Waals surface area contributed by atoms with Crippen LogP contribution in [0.5, 0.6) is 0 Å². The van der Waals surface area contributed by atoms with Gasteiger partial charge in [0, 0.05) is 6.54 Å². The summed E-state index contributed by atoms with van der Waals surface area (Å²) in [4.78, 5) is 32.9. The standard InChI is InChI=1S/C15H17NO4/c1-3-14(18)16-9-12-4-6-13(7-5-12)10-20-15(19)8-11(2)17/h3-7H,1,8-10H2,2H3,(H,16,18). The fourth-order valence-corrected chi connectivity index (χ4v) is 1.43. The minimum absolute atomic E-state index is 0.130. The van der Waals surface area contributed by atoms with Crippen LogP contribution >= 0.6 is 0 Å². The molecule has 106 valence electrons. The van der Waals surface area contributed by atoms with E-state index in [-0.39, 0.29) is 24.7 Å². The molecule has 1 amide bonds. The summed E-state index contributed by atoms with van der Waals surface area (Å²) in [7, 11) is 0. The Morgan fingerprint density at radius 2 is 1.80 bits per heavy atom. The van der Waals surface area contributed by atoms with Crippen LogP contribution in [0.4, 0.5) is 0 Å². The number of ketones is 1. The van der Waals surface area contributed by atoms with E-state index < -0.39 is 5.97 Å². The van der Waals surface area contributed by atoms with E-state index in [4.69, 9.17) is 4.74 Å². The second kappa shape index (κ2) is 7.89. The van der Waals surface area contributed by atoms with E-state index in [1.807, 2.05) is 12.1 Å². The predicted molar refractivity (Wildman–Crippen MR) is 73.6 cm³/mol. The van der Waals surface area contributed by atoms with Gasteiger partial charge in [-0.25, -0.2) is 0 Å². The monoisotopic (exact) mass is 275 g/mol. The molecule has 1 aromatic carbocycles. The van der Waals surface area contributed by atoms with Crippen molar-refractivity contribution in [3.63, 3.8) is 0 Å². The number of Topliss-reactive ketones (excluding diaryl/α,β-unsaturated/α-hetero) is 1. The second-order valence-electron chi connectivity index (χ2n) is 4.28. The Hall–Kier alpha value is -2.43. The summed E-state index contributed by atoms with van der Waals surface area (Å²) in [5.41, 5.74) is 1.75. The third kappa shape index (κ3) is 5.95. The maximum atomic E-state index is 11.2. The number of benzene rings is 1. The minimum Gasteiger partial charge on any atom is -0.460 e. The highest BCUT2D eigenvalue weighted by Gasteiger charge is 2.06. The SMILES string of the molecule is C=CC(=O)NCc1ccc(COC(=O)CC(C)=O)cc1. The topological polar surface area (TPSA) is 72.5 Å². The molecule has 0 spiro atoms. The summed E-state index contributed by atoms with van der Waals surface area (Å²) in [6.07, 6.45) is 1.01. The van der Waals surface area contributed by atoms with Gasteiger partial charge in [0.05, 0.1) is 0 Å². The fourth-order valence-electron chi connectivity index (χ4n) is 1.43. The number of carbonyl (C=O) groups is 3. The lowest BCUT2D eigenvalue weighted by atomic mass is 10.1. The molecule has 0 saturated carbocycles. The predicted octanol–water partition coefficient (Wildman–Crippen LogP) is 1.51. The lowest BCUT2D eigenvalue weighted by molar-refractivity contribution is -0.146. The number of amides is 1. The maximum Gasteiger partial charge on any atom is 0.313 e. The van der Waals surface area contributed by atoms with E-state index in [0.29, 0.717) is 6.54 Å². The van der Waals surface area contributed by atoms with Gasteiger partial charge in [-0.15, -0.1) is 0 Å². The van der Waals surface area contributed by atoms with Gasteiger partial charge in [0.25, 0.3) is 0 Å². The molecule has 0 fully saturated rings. The van der Waals surface area contributed by atoms with Gasteiger partial charge in [0.15, 0.2) is 0 Å². The molecule has 0 aliphatic carbocycles. The fraction of sp³-hybridized carbons (Fsp3) is 0.267. The number of ether oxygens (including phenoxy) is 1. The van der Waals surface area contributed by atoms with E-state index in [0.717, 1.165) is 11.1 Å². The summed E-state index contributed by atoms with van der Waals surface area (Å²) < 4.78 is 4.95. The first-order valence-corrected chi connectivity index (χ1v) is 6.14. The normalized spacial score (nSPS) is 9.65. The van der Waals surface area contributed by atoms with Crippen molar-refractivity contribution >= 4 is 17.7 Å². The van der Waals surface area contributed by atoms with Gasteiger partial charge in [-0.3, -0.25) is 14.4 Å². The molecule has 0 aliphatic heterocycles. The average Bonchev–Trinajstić information content (AvgIpc) is 2.43. The van der Waals surface area contributed by atoms with Gasteiger partial charge >= 0.3 is 5.97 Å². The van der Waals surface area contributed by atoms with Crippen molar-refractivity contribution in [2.75, 3.05) is 0 Å². The van der Waals surface area contributed by atoms with Crippen LogP contribution in [-0.4, -0.2) is 17.7 Å². The zero-order valence-corrected chi connectivity index (χ0v) is 11.3. The molecule has 0 aromatic heterocycles. The third-order valence-electron chi connectivity index (χ3n) is 2.47. The molecule has 0 unspecified atom stereocenters. The third-order valence-corrected chi connectivity index (χ3v) is 2.47. The Balaban J connectivity index is 2.42. The van der Waals surface area contributed by atoms with Gasteiger partial charge < -0.3 is 10.1 Å². The van der Waals surface area contributed by atoms with Crippen LogP contribution in [0.3, 0.4) is 0 Å². The van der Waals surface area contributed by atoms with Crippen molar-refractivity contribution in [1.29, 1.82) is 0 Å². The molecule has 5 nitrogen and oxygen atoms in total. The molecule has 1 aromatic rings. The van der Waals surface area contributed by atoms with Crippen LogP contribution in [-0.2, 0) is 32.3 Å². The van der Waals surface area contributed by atoms with E-state index in [1.165, 1.54) is 13.0 Å². The Kier molecular flexibility index (Phi) is 6.16. The van der Waals surface area contributed by atoms with Gasteiger partial charge in [-0.2, -0.15) is 0 Å². The molecule has 0 saturated heterocycles. The van der Waals surface area contributed by atoms with Crippen LogP contribution in [0.2, 0.25) is 0 Å². The van der Waals surface area contributed by atoms with Crippen LogP contribution in [0.15, 0.2) is 36.9 Å². The molecule has 0 radical (unpaired) electrons. The molecule has 0 heterocycles. The average molecular weight is 275 g/mol. The molecule has 20 heavy (non-hydrogen) atoms. The Labute approximate surface area is 117 Å². The second-order valence-corrected chi connectivity index (χ2v) is 4.28. The number of esters is 1. The largest absolute Gasteiger partial charge is 0.460 e. The minimum atomic E-state index is -0.528. The summed E-state index contributed by atoms with van der Waals surface area (Å²) in [6, 6.07) is 7.27. The van der Waals surface area contributed by atoms with E-state index in [9.17, 15) is 14.4 Å². The van der Waals surface area contributed by atoms with Crippen LogP contribution < -0.4 is 5.32 Å². The highest BCUT2D eigenvalue weighted by Crippen LogP contribution is 2.06. The first-order valence-electron chi connectivity index (χ1n) is 6.14. The zero-order valence-electron chi connectivity index (χ0n) is 11.3. The van der Waals surface area contributed by atoms with Crippen molar-refractivity contribution in [3.8, 4) is 0 Å². The molecular weight excluding hydrogens is 258 g/mol. The molecule has 1 N–H and O–H groups in total. The number of hydrogen-bond donors (Lipinski definition) is 1. The highest BCUT2D eigenvalue weighted by atomic mass is 16.5. The molecular formula is C15H17NO4. The number of carbonyl (C=O) groups excluding carboxylic acids is 3. The van der Waals surface area contributed by atoms with Crippen LogP contribution in [0, 0.1) is 0 Å². The Morgan fingerprint density at radius 1 is 1.20 bits per heavy atom. The quantitative estimate of drug-likeness (QED) is 0.465. The Bertz CT molecular complexity index is 505. The first-order chi connectivity index (χ1) is 9.51. The summed E-state index contributed by atoms with van der Waals surface area (Å²) in [5, 5.41) is 2.66. The number of rotatable bonds is 7. The maximum absolute atomic E-state index is 11.2. The van der Waals surface area contributed by atoms with Crippen LogP contribution in [0.25, 0.3) is 0 Å². The molecule has 1 rings (SSSR count). The summed E-state index contributed by atoms with van der Waals surface area (Å²) >= 11 is 0. The first kappa shape index (κ1) is 15.6. The van der Waals surface area contributed by atoms with Crippen molar-refractivity contribution in [2.24, 2.45) is 0 Å². The molecule has 0 atom stereocenters. The summed E-state index contributed by atoms with van der Waals surface area (Å²) in [6.45, 7) is 5.25. The lowest BCUT2D eigenvalue weighted by Crippen LogP contribution is -2.19. The lowest BCUT2D eigenvalue weighted by Gasteiger charge is -2.06. The van der Waals surface area contributed by atoms with Crippen molar-refractivity contribution in [3.05, 3.63) is 48.0 Å². The van der Waals surface area contributed by atoms with E-state index in [2.05, 4.69) is 11.9 Å². The van der Waals surface area contributed by atoms with E-state index >= 15 is 0 Å². The van der Waals surface area contributed by atoms with E-state index in [1.54, 1.807) is 12.1 Å². The van der Waals surface area contributed by atoms with Gasteiger partial charge in [0.1, 0.15) is 18.8 Å². The highest BCUT2D eigenvalue weighted by molar-refractivity contribution is 5.94. The van der Waals surface area contributed by atoms with Gasteiger partial charge in [-0.1, -0.05) is 30.8 Å². The van der Waals surface area contributed by atoms with Gasteiger partial charge in [-0.05, 0) is 24.1 Å². The molecule has 5 heteroatoms. The summed E-state index contributed by atoms with van der Waals surface area (Å²) in [5.74, 6) is -0.977. The molecule has 0 aliphatic rings.